The summed E-state index contributed by atoms with van der Waals surface area (Å²) in [6, 6.07) is 12.4. The van der Waals surface area contributed by atoms with Crippen LogP contribution in [0.1, 0.15) is 30.4 Å². The van der Waals surface area contributed by atoms with E-state index in [1.54, 1.807) is 4.90 Å². The molecule has 6 nitrogen and oxygen atoms in total. The molecule has 10 heteroatoms. The number of nitrogens with zero attached hydrogens (tertiary/aromatic N) is 1. The zero-order chi connectivity index (χ0) is 25.2. The average Bonchev–Trinajstić information content (AvgIpc) is 3.49. The zero-order valence-electron chi connectivity index (χ0n) is 19.2. The molecule has 0 aromatic heterocycles. The fraction of sp³-hybridized carbons (Fsp3) is 0.440. The lowest BCUT2D eigenvalue weighted by molar-refractivity contribution is -0.274. The van der Waals surface area contributed by atoms with Gasteiger partial charge in [-0.05, 0) is 61.7 Å². The molecule has 2 aromatic carbocycles. The fourth-order valence-electron chi connectivity index (χ4n) is 4.52. The Morgan fingerprint density at radius 1 is 1.14 bits per heavy atom. The van der Waals surface area contributed by atoms with Crippen LogP contribution in [-0.2, 0) is 21.4 Å². The Kier molecular flexibility index (Phi) is 7.42. The first kappa shape index (κ1) is 25.5. The molecule has 2 N–H and O–H groups in total. The van der Waals surface area contributed by atoms with Gasteiger partial charge in [0.25, 0.3) is 0 Å². The lowest BCUT2D eigenvalue weighted by Gasteiger charge is -2.27. The smallest absolute Gasteiger partial charge is 0.406 e. The molecule has 0 radical (unpaired) electrons. The molecule has 2 fully saturated rings. The number of likely N-dealkylation sites (tertiary alicyclic amines) is 1. The SMILES string of the molecule is CN[C@H]1CCN(C(=O)C(Cc2ccc(Br)cc2)NC(=O)C2(c3ccc(OC(F)(F)F)cc3)CC2)C1. The van der Waals surface area contributed by atoms with Gasteiger partial charge in [-0.15, -0.1) is 13.2 Å². The molecule has 4 rings (SSSR count). The average molecular weight is 554 g/mol. The molecule has 2 amide bonds. The summed E-state index contributed by atoms with van der Waals surface area (Å²) in [7, 11) is 1.86. The summed E-state index contributed by atoms with van der Waals surface area (Å²) in [5, 5.41) is 6.16. The standard InChI is InChI=1S/C25H27BrF3N3O3/c1-30-19-10-13-32(15-19)22(33)21(14-16-2-6-18(26)7-3-16)31-23(34)24(11-12-24)17-4-8-20(9-5-17)35-25(27,28)29/h2-9,19,21,30H,10-15H2,1H3,(H,31,34)/t19-,21?/m0/s1. The Morgan fingerprint density at radius 3 is 2.34 bits per heavy atom. The number of likely N-dealkylation sites (N-methyl/N-ethyl adjacent to an activating group) is 1. The van der Waals surface area contributed by atoms with Gasteiger partial charge in [0, 0.05) is 30.0 Å². The highest BCUT2D eigenvalue weighted by Crippen LogP contribution is 2.49. The Hall–Kier alpha value is -2.59. The monoisotopic (exact) mass is 553 g/mol. The molecular weight excluding hydrogens is 527 g/mol. The highest BCUT2D eigenvalue weighted by molar-refractivity contribution is 9.10. The normalized spacial score (nSPS) is 19.8. The molecule has 2 aliphatic rings. The molecule has 2 atom stereocenters. The lowest BCUT2D eigenvalue weighted by Crippen LogP contribution is -2.52. The molecule has 1 unspecified atom stereocenters. The Balaban J connectivity index is 1.51. The number of alkyl halides is 3. The third-order valence-corrected chi connectivity index (χ3v) is 7.22. The molecule has 0 bridgehead atoms. The maximum atomic E-state index is 13.4. The number of carbonyl (C=O) groups excluding carboxylic acids is 2. The molecule has 35 heavy (non-hydrogen) atoms. The first-order valence-corrected chi connectivity index (χ1v) is 12.3. The van der Waals surface area contributed by atoms with Crippen LogP contribution < -0.4 is 15.4 Å². The van der Waals surface area contributed by atoms with Gasteiger partial charge in [-0.25, -0.2) is 0 Å². The number of ether oxygens (including phenoxy) is 1. The Labute approximate surface area is 210 Å². The lowest BCUT2D eigenvalue weighted by atomic mass is 9.94. The largest absolute Gasteiger partial charge is 0.573 e. The van der Waals surface area contributed by atoms with E-state index >= 15 is 0 Å². The second kappa shape index (κ2) is 10.2. The van der Waals surface area contributed by atoms with Crippen molar-refractivity contribution in [3.8, 4) is 5.75 Å². The number of hydrogen-bond donors (Lipinski definition) is 2. The molecule has 188 valence electrons. The number of carbonyl (C=O) groups is 2. The van der Waals surface area contributed by atoms with Crippen molar-refractivity contribution < 1.29 is 27.5 Å². The molecule has 1 saturated heterocycles. The molecule has 0 spiro atoms. The third-order valence-electron chi connectivity index (χ3n) is 6.69. The van der Waals surface area contributed by atoms with Crippen LogP contribution in [0.2, 0.25) is 0 Å². The minimum atomic E-state index is -4.78. The third kappa shape index (κ3) is 6.16. The van der Waals surface area contributed by atoms with Crippen molar-refractivity contribution in [2.45, 2.75) is 49.5 Å². The van der Waals surface area contributed by atoms with E-state index in [4.69, 9.17) is 0 Å². The summed E-state index contributed by atoms with van der Waals surface area (Å²) >= 11 is 3.41. The van der Waals surface area contributed by atoms with Gasteiger partial charge in [0.1, 0.15) is 11.8 Å². The maximum Gasteiger partial charge on any atom is 0.573 e. The number of nitrogens with one attached hydrogen (secondary N) is 2. The van der Waals surface area contributed by atoms with Crippen molar-refractivity contribution in [2.75, 3.05) is 20.1 Å². The first-order chi connectivity index (χ1) is 16.6. The number of rotatable bonds is 8. The maximum absolute atomic E-state index is 13.4. The molecule has 1 aliphatic carbocycles. The predicted molar refractivity (Wildman–Crippen MR) is 128 cm³/mol. The van der Waals surface area contributed by atoms with Gasteiger partial charge < -0.3 is 20.3 Å². The van der Waals surface area contributed by atoms with Crippen LogP contribution in [0.4, 0.5) is 13.2 Å². The van der Waals surface area contributed by atoms with Gasteiger partial charge in [0.15, 0.2) is 0 Å². The van der Waals surface area contributed by atoms with Gasteiger partial charge in [0.05, 0.1) is 5.41 Å². The van der Waals surface area contributed by atoms with Crippen molar-refractivity contribution in [3.63, 3.8) is 0 Å². The zero-order valence-corrected chi connectivity index (χ0v) is 20.8. The van der Waals surface area contributed by atoms with E-state index in [9.17, 15) is 22.8 Å². The van der Waals surface area contributed by atoms with Crippen LogP contribution in [-0.4, -0.2) is 55.3 Å². The predicted octanol–water partition coefficient (Wildman–Crippen LogP) is 3.93. The Morgan fingerprint density at radius 2 is 1.80 bits per heavy atom. The number of benzene rings is 2. The van der Waals surface area contributed by atoms with Gasteiger partial charge in [-0.2, -0.15) is 0 Å². The molecule has 1 aliphatic heterocycles. The van der Waals surface area contributed by atoms with Crippen molar-refractivity contribution in [2.24, 2.45) is 0 Å². The van der Waals surface area contributed by atoms with E-state index in [2.05, 4.69) is 31.3 Å². The van der Waals surface area contributed by atoms with E-state index < -0.39 is 17.8 Å². The molecule has 2 aromatic rings. The van der Waals surface area contributed by atoms with Crippen molar-refractivity contribution in [1.29, 1.82) is 0 Å². The van der Waals surface area contributed by atoms with Crippen LogP contribution in [0.15, 0.2) is 53.0 Å². The summed E-state index contributed by atoms with van der Waals surface area (Å²) < 4.78 is 42.3. The van der Waals surface area contributed by atoms with Crippen molar-refractivity contribution >= 4 is 27.7 Å². The summed E-state index contributed by atoms with van der Waals surface area (Å²) in [6.07, 6.45) is -2.48. The molecule has 1 saturated carbocycles. The van der Waals surface area contributed by atoms with E-state index in [1.807, 2.05) is 31.3 Å². The van der Waals surface area contributed by atoms with E-state index in [0.29, 0.717) is 37.9 Å². The van der Waals surface area contributed by atoms with Crippen LogP contribution in [0.3, 0.4) is 0 Å². The van der Waals surface area contributed by atoms with Crippen LogP contribution in [0, 0.1) is 0 Å². The minimum absolute atomic E-state index is 0.135. The van der Waals surface area contributed by atoms with Gasteiger partial charge in [-0.3, -0.25) is 9.59 Å². The summed E-state index contributed by atoms with van der Waals surface area (Å²) in [4.78, 5) is 28.6. The van der Waals surface area contributed by atoms with Crippen LogP contribution in [0.25, 0.3) is 0 Å². The minimum Gasteiger partial charge on any atom is -0.406 e. The quantitative estimate of drug-likeness (QED) is 0.519. The Bertz CT molecular complexity index is 1060. The van der Waals surface area contributed by atoms with Crippen molar-refractivity contribution in [3.05, 3.63) is 64.1 Å². The van der Waals surface area contributed by atoms with Gasteiger partial charge in [0.2, 0.25) is 11.8 Å². The summed E-state index contributed by atoms with van der Waals surface area (Å²) in [6.45, 7) is 1.19. The van der Waals surface area contributed by atoms with E-state index in [1.165, 1.54) is 24.3 Å². The first-order valence-electron chi connectivity index (χ1n) is 11.5. The van der Waals surface area contributed by atoms with Gasteiger partial charge in [-0.1, -0.05) is 40.2 Å². The summed E-state index contributed by atoms with van der Waals surface area (Å²) in [5.74, 6) is -0.764. The van der Waals surface area contributed by atoms with Gasteiger partial charge >= 0.3 is 6.36 Å². The fourth-order valence-corrected chi connectivity index (χ4v) is 4.78. The summed E-state index contributed by atoms with van der Waals surface area (Å²) in [5.41, 5.74) is 0.665. The van der Waals surface area contributed by atoms with E-state index in [-0.39, 0.29) is 23.6 Å². The van der Waals surface area contributed by atoms with Crippen LogP contribution >= 0.6 is 15.9 Å². The second-order valence-corrected chi connectivity index (χ2v) is 9.99. The number of halogens is 4. The molecule has 1 heterocycles. The topological polar surface area (TPSA) is 70.7 Å². The number of hydrogen-bond acceptors (Lipinski definition) is 4. The number of amides is 2. The van der Waals surface area contributed by atoms with E-state index in [0.717, 1.165) is 16.5 Å². The highest BCUT2D eigenvalue weighted by Gasteiger charge is 2.52. The highest BCUT2D eigenvalue weighted by atomic mass is 79.9. The second-order valence-electron chi connectivity index (χ2n) is 9.07. The van der Waals surface area contributed by atoms with Crippen molar-refractivity contribution in [1.82, 2.24) is 15.5 Å². The molecular formula is C25H27BrF3N3O3. The van der Waals surface area contributed by atoms with Crippen LogP contribution in [0.5, 0.6) is 5.75 Å².